The van der Waals surface area contributed by atoms with E-state index in [9.17, 15) is 0 Å². The molecule has 0 amide bonds. The summed E-state index contributed by atoms with van der Waals surface area (Å²) in [6.45, 7) is 0.337. The Morgan fingerprint density at radius 1 is 0.579 bits per heavy atom. The van der Waals surface area contributed by atoms with E-state index in [1.165, 1.54) is 25.7 Å². The zero-order valence-electron chi connectivity index (χ0n) is 9.40. The van der Waals surface area contributed by atoms with Gasteiger partial charge in [-0.3, -0.25) is 0 Å². The van der Waals surface area contributed by atoms with Crippen LogP contribution < -0.4 is 14.3 Å². The van der Waals surface area contributed by atoms with Gasteiger partial charge in [-0.05, 0) is 80.3 Å². The van der Waals surface area contributed by atoms with E-state index in [1.807, 2.05) is 0 Å². The molecule has 0 aliphatic rings. The van der Waals surface area contributed by atoms with E-state index in [4.69, 9.17) is 0 Å². The van der Waals surface area contributed by atoms with Gasteiger partial charge in [-0.25, -0.2) is 0 Å². The van der Waals surface area contributed by atoms with E-state index in [0.717, 1.165) is 0 Å². The number of halogens is 3. The maximum absolute atomic E-state index is 3.56. The molecular formula is C12H6BBr3S3. The fourth-order valence-corrected chi connectivity index (χ4v) is 6.78. The SMILES string of the molecule is Brc1ccc(B(c2ccc(Br)s2)c2ccc(Br)s2)s1. The van der Waals surface area contributed by atoms with Crippen molar-refractivity contribution in [1.29, 1.82) is 0 Å². The third kappa shape index (κ3) is 3.27. The van der Waals surface area contributed by atoms with Gasteiger partial charge in [0, 0.05) is 0 Å². The molecule has 0 N–H and O–H groups in total. The average molecular weight is 497 g/mol. The van der Waals surface area contributed by atoms with Gasteiger partial charge in [0.1, 0.15) is 0 Å². The summed E-state index contributed by atoms with van der Waals surface area (Å²) in [5, 5.41) is 0. The van der Waals surface area contributed by atoms with Crippen LogP contribution in [0.4, 0.5) is 0 Å². The zero-order chi connectivity index (χ0) is 13.4. The second kappa shape index (κ2) is 6.16. The first-order valence-electron chi connectivity index (χ1n) is 5.39. The summed E-state index contributed by atoms with van der Waals surface area (Å²) in [5.74, 6) is 0. The Morgan fingerprint density at radius 3 is 1.11 bits per heavy atom. The first kappa shape index (κ1) is 14.5. The molecule has 0 unspecified atom stereocenters. The molecule has 3 aromatic heterocycles. The molecule has 0 bridgehead atoms. The molecule has 0 atom stereocenters. The van der Waals surface area contributed by atoms with Crippen molar-refractivity contribution in [3.05, 3.63) is 47.8 Å². The number of rotatable bonds is 3. The molecule has 0 nitrogen and oxygen atoms in total. The fourth-order valence-electron chi connectivity index (χ4n) is 1.87. The fraction of sp³-hybridized carbons (Fsp3) is 0. The standard InChI is InChI=1S/C12H6BBr3S3/c14-10-4-1-7(17-10)13(8-2-5-11(15)18-8)9-3-6-12(16)19-9/h1-6H. The summed E-state index contributed by atoms with van der Waals surface area (Å²) in [6.07, 6.45) is 0. The van der Waals surface area contributed by atoms with Crippen molar-refractivity contribution >= 4 is 103 Å². The van der Waals surface area contributed by atoms with Crippen molar-refractivity contribution < 1.29 is 0 Å². The van der Waals surface area contributed by atoms with Crippen molar-refractivity contribution in [3.8, 4) is 0 Å². The molecular weight excluding hydrogens is 491 g/mol. The van der Waals surface area contributed by atoms with Gasteiger partial charge in [-0.2, -0.15) is 0 Å². The lowest BCUT2D eigenvalue weighted by atomic mass is 9.46. The van der Waals surface area contributed by atoms with Crippen LogP contribution in [0.5, 0.6) is 0 Å². The lowest BCUT2D eigenvalue weighted by molar-refractivity contribution is 1.96. The van der Waals surface area contributed by atoms with Crippen LogP contribution in [-0.4, -0.2) is 6.71 Å². The maximum Gasteiger partial charge on any atom is 0.278 e. The number of hydrogen-bond donors (Lipinski definition) is 0. The largest absolute Gasteiger partial charge is 0.278 e. The average Bonchev–Trinajstić information content (AvgIpc) is 3.05. The van der Waals surface area contributed by atoms with Gasteiger partial charge in [-0.15, -0.1) is 34.0 Å². The molecule has 3 heterocycles. The van der Waals surface area contributed by atoms with Crippen LogP contribution in [0.1, 0.15) is 0 Å². The van der Waals surface area contributed by atoms with E-state index in [1.54, 1.807) is 34.0 Å². The molecule has 0 fully saturated rings. The minimum Gasteiger partial charge on any atom is -0.142 e. The minimum absolute atomic E-state index is 0.337. The second-order valence-electron chi connectivity index (χ2n) is 3.86. The molecule has 0 saturated heterocycles. The van der Waals surface area contributed by atoms with Crippen LogP contribution in [0, 0.1) is 0 Å². The van der Waals surface area contributed by atoms with E-state index in [2.05, 4.69) is 84.2 Å². The topological polar surface area (TPSA) is 0 Å². The lowest BCUT2D eigenvalue weighted by Crippen LogP contribution is -2.48. The van der Waals surface area contributed by atoms with Crippen LogP contribution >= 0.6 is 81.8 Å². The highest BCUT2D eigenvalue weighted by Crippen LogP contribution is 2.21. The lowest BCUT2D eigenvalue weighted by Gasteiger charge is -2.07. The molecule has 3 aromatic rings. The first-order chi connectivity index (χ1) is 9.13. The van der Waals surface area contributed by atoms with Crippen LogP contribution in [0.2, 0.25) is 0 Å². The van der Waals surface area contributed by atoms with E-state index < -0.39 is 0 Å². The maximum atomic E-state index is 3.56. The van der Waals surface area contributed by atoms with Gasteiger partial charge in [0.15, 0.2) is 0 Å². The quantitative estimate of drug-likeness (QED) is 0.462. The van der Waals surface area contributed by atoms with Gasteiger partial charge in [0.05, 0.1) is 11.4 Å². The van der Waals surface area contributed by atoms with Crippen molar-refractivity contribution in [2.75, 3.05) is 0 Å². The van der Waals surface area contributed by atoms with E-state index in [0.29, 0.717) is 6.71 Å². The van der Waals surface area contributed by atoms with E-state index in [-0.39, 0.29) is 0 Å². The molecule has 0 aromatic carbocycles. The van der Waals surface area contributed by atoms with Gasteiger partial charge >= 0.3 is 0 Å². The summed E-state index contributed by atoms with van der Waals surface area (Å²) in [5.41, 5.74) is 0. The third-order valence-electron chi connectivity index (χ3n) is 2.64. The van der Waals surface area contributed by atoms with Crippen molar-refractivity contribution in [2.45, 2.75) is 0 Å². The minimum atomic E-state index is 0.337. The van der Waals surface area contributed by atoms with Crippen LogP contribution in [0.25, 0.3) is 0 Å². The predicted octanol–water partition coefficient (Wildman–Crippen LogP) is 4.67. The van der Waals surface area contributed by atoms with Crippen LogP contribution in [0.15, 0.2) is 47.8 Å². The van der Waals surface area contributed by atoms with Gasteiger partial charge in [0.25, 0.3) is 6.71 Å². The van der Waals surface area contributed by atoms with E-state index >= 15 is 0 Å². The Balaban J connectivity index is 2.10. The van der Waals surface area contributed by atoms with Crippen LogP contribution in [0.3, 0.4) is 0 Å². The Morgan fingerprint density at radius 2 is 0.895 bits per heavy atom. The molecule has 3 rings (SSSR count). The zero-order valence-corrected chi connectivity index (χ0v) is 16.6. The number of hydrogen-bond acceptors (Lipinski definition) is 3. The summed E-state index contributed by atoms with van der Waals surface area (Å²) in [7, 11) is 0. The predicted molar refractivity (Wildman–Crippen MR) is 101 cm³/mol. The summed E-state index contributed by atoms with van der Waals surface area (Å²) in [4.78, 5) is 0. The van der Waals surface area contributed by atoms with Crippen molar-refractivity contribution in [3.63, 3.8) is 0 Å². The molecule has 0 aliphatic heterocycles. The summed E-state index contributed by atoms with van der Waals surface area (Å²) < 4.78 is 7.65. The molecule has 0 aliphatic carbocycles. The Labute approximate surface area is 149 Å². The third-order valence-corrected chi connectivity index (χ3v) is 7.70. The molecule has 96 valence electrons. The normalized spacial score (nSPS) is 10.9. The van der Waals surface area contributed by atoms with Gasteiger partial charge in [-0.1, -0.05) is 18.2 Å². The Kier molecular flexibility index (Phi) is 4.71. The molecule has 0 radical (unpaired) electrons. The molecule has 0 saturated carbocycles. The molecule has 0 spiro atoms. The number of thiophene rings is 3. The smallest absolute Gasteiger partial charge is 0.142 e. The highest BCUT2D eigenvalue weighted by atomic mass is 79.9. The monoisotopic (exact) mass is 494 g/mol. The van der Waals surface area contributed by atoms with Crippen LogP contribution in [-0.2, 0) is 0 Å². The first-order valence-corrected chi connectivity index (χ1v) is 10.2. The van der Waals surface area contributed by atoms with Gasteiger partial charge in [0.2, 0.25) is 0 Å². The molecule has 7 heteroatoms. The Bertz CT molecular complexity index is 605. The van der Waals surface area contributed by atoms with Crippen molar-refractivity contribution in [2.24, 2.45) is 0 Å². The highest BCUT2D eigenvalue weighted by molar-refractivity contribution is 9.11. The second-order valence-corrected chi connectivity index (χ2v) is 11.3. The van der Waals surface area contributed by atoms with Gasteiger partial charge < -0.3 is 0 Å². The van der Waals surface area contributed by atoms with Crippen molar-refractivity contribution in [1.82, 2.24) is 0 Å². The highest BCUT2D eigenvalue weighted by Gasteiger charge is 2.26. The summed E-state index contributed by atoms with van der Waals surface area (Å²) in [6, 6.07) is 13.0. The molecule has 19 heavy (non-hydrogen) atoms. The summed E-state index contributed by atoms with van der Waals surface area (Å²) >= 11 is 16.1. The Hall–Kier alpha value is 0.605.